The second-order valence-corrected chi connectivity index (χ2v) is 4.47. The fraction of sp³-hybridized carbons (Fsp3) is 0.889. The van der Waals surface area contributed by atoms with Crippen molar-refractivity contribution in [3.8, 4) is 0 Å². The maximum atomic E-state index is 11.2. The van der Waals surface area contributed by atoms with Gasteiger partial charge in [-0.1, -0.05) is 13.8 Å². The van der Waals surface area contributed by atoms with Gasteiger partial charge in [-0.15, -0.1) is 0 Å². The van der Waals surface area contributed by atoms with Gasteiger partial charge < -0.3 is 16.4 Å². The van der Waals surface area contributed by atoms with Crippen molar-refractivity contribution >= 4 is 6.03 Å². The normalized spacial score (nSPS) is 16.8. The first-order valence-corrected chi connectivity index (χ1v) is 4.78. The van der Waals surface area contributed by atoms with Crippen LogP contribution in [-0.4, -0.2) is 25.2 Å². The van der Waals surface area contributed by atoms with Crippen LogP contribution in [0.1, 0.15) is 26.7 Å². The van der Waals surface area contributed by atoms with E-state index in [0.717, 1.165) is 12.8 Å². The van der Waals surface area contributed by atoms with Crippen molar-refractivity contribution in [1.82, 2.24) is 10.6 Å². The van der Waals surface area contributed by atoms with Gasteiger partial charge in [0, 0.05) is 12.6 Å². The van der Waals surface area contributed by atoms with Crippen LogP contribution in [0.5, 0.6) is 0 Å². The van der Waals surface area contributed by atoms with Crippen LogP contribution in [0.25, 0.3) is 0 Å². The van der Waals surface area contributed by atoms with Gasteiger partial charge in [-0.2, -0.15) is 0 Å². The molecule has 0 spiro atoms. The van der Waals surface area contributed by atoms with E-state index >= 15 is 0 Å². The fourth-order valence-corrected chi connectivity index (χ4v) is 0.856. The number of carbonyl (C=O) groups excluding carboxylic acids is 1. The van der Waals surface area contributed by atoms with Gasteiger partial charge in [0.05, 0.1) is 0 Å². The zero-order valence-corrected chi connectivity index (χ0v) is 8.39. The Hall–Kier alpha value is -0.770. The Morgan fingerprint density at radius 2 is 2.15 bits per heavy atom. The quantitative estimate of drug-likeness (QED) is 0.594. The van der Waals surface area contributed by atoms with Crippen molar-refractivity contribution in [2.75, 3.05) is 13.1 Å². The number of nitrogens with one attached hydrogen (secondary N) is 2. The summed E-state index contributed by atoms with van der Waals surface area (Å²) < 4.78 is 0. The number of nitrogens with two attached hydrogens (primary N) is 1. The molecule has 0 aliphatic heterocycles. The van der Waals surface area contributed by atoms with E-state index < -0.39 is 0 Å². The molecule has 0 aromatic carbocycles. The summed E-state index contributed by atoms with van der Waals surface area (Å²) in [5, 5.41) is 5.67. The molecule has 1 saturated carbocycles. The first-order chi connectivity index (χ1) is 6.03. The summed E-state index contributed by atoms with van der Waals surface area (Å²) in [5.74, 6) is 0. The maximum Gasteiger partial charge on any atom is 0.315 e. The highest BCUT2D eigenvalue weighted by Crippen LogP contribution is 2.18. The van der Waals surface area contributed by atoms with Crippen LogP contribution in [0.4, 0.5) is 4.79 Å². The average Bonchev–Trinajstić information content (AvgIpc) is 2.85. The number of rotatable bonds is 4. The minimum absolute atomic E-state index is 0.0130. The molecule has 4 N–H and O–H groups in total. The third kappa shape index (κ3) is 4.12. The van der Waals surface area contributed by atoms with Crippen molar-refractivity contribution in [2.45, 2.75) is 32.7 Å². The van der Waals surface area contributed by atoms with Crippen molar-refractivity contribution in [1.29, 1.82) is 0 Å². The van der Waals surface area contributed by atoms with E-state index in [1.165, 1.54) is 0 Å². The van der Waals surface area contributed by atoms with Crippen molar-refractivity contribution in [3.63, 3.8) is 0 Å². The van der Waals surface area contributed by atoms with E-state index in [1.807, 2.05) is 13.8 Å². The summed E-state index contributed by atoms with van der Waals surface area (Å²) in [4.78, 5) is 11.2. The van der Waals surface area contributed by atoms with Gasteiger partial charge in [0.1, 0.15) is 0 Å². The summed E-state index contributed by atoms with van der Waals surface area (Å²) in [6.07, 6.45) is 2.24. The van der Waals surface area contributed by atoms with E-state index in [1.54, 1.807) is 0 Å². The highest BCUT2D eigenvalue weighted by atomic mass is 16.2. The lowest BCUT2D eigenvalue weighted by atomic mass is 9.94. The Morgan fingerprint density at radius 3 is 2.62 bits per heavy atom. The van der Waals surface area contributed by atoms with E-state index in [0.29, 0.717) is 19.1 Å². The molecule has 1 fully saturated rings. The van der Waals surface area contributed by atoms with Crippen molar-refractivity contribution in [3.05, 3.63) is 0 Å². The van der Waals surface area contributed by atoms with Crippen LogP contribution in [0, 0.1) is 5.41 Å². The van der Waals surface area contributed by atoms with Gasteiger partial charge in [-0.25, -0.2) is 4.79 Å². The minimum Gasteiger partial charge on any atom is -0.338 e. The molecule has 1 rings (SSSR count). The lowest BCUT2D eigenvalue weighted by Gasteiger charge is -2.22. The molecule has 0 saturated heterocycles. The Bertz CT molecular complexity index is 187. The third-order valence-electron chi connectivity index (χ3n) is 2.19. The van der Waals surface area contributed by atoms with Crippen LogP contribution in [0.15, 0.2) is 0 Å². The molecule has 1 aliphatic carbocycles. The molecule has 2 amide bonds. The second kappa shape index (κ2) is 3.96. The summed E-state index contributed by atoms with van der Waals surface area (Å²) in [6.45, 7) is 5.27. The highest BCUT2D eigenvalue weighted by molar-refractivity contribution is 5.74. The molecule has 0 aromatic heterocycles. The van der Waals surface area contributed by atoms with Crippen molar-refractivity contribution < 1.29 is 4.79 Å². The highest BCUT2D eigenvalue weighted by Gasteiger charge is 2.24. The molecule has 0 heterocycles. The Kier molecular flexibility index (Phi) is 3.14. The molecular weight excluding hydrogens is 166 g/mol. The van der Waals surface area contributed by atoms with Crippen LogP contribution in [-0.2, 0) is 0 Å². The Labute approximate surface area is 79.3 Å². The monoisotopic (exact) mass is 185 g/mol. The van der Waals surface area contributed by atoms with Crippen LogP contribution >= 0.6 is 0 Å². The van der Waals surface area contributed by atoms with Crippen molar-refractivity contribution in [2.24, 2.45) is 11.1 Å². The Morgan fingerprint density at radius 1 is 1.54 bits per heavy atom. The SMILES string of the molecule is CC(C)(CN)CNC(=O)NC1CC1. The molecule has 0 bridgehead atoms. The lowest BCUT2D eigenvalue weighted by molar-refractivity contribution is 0.234. The molecule has 0 aromatic rings. The van der Waals surface area contributed by atoms with E-state index in [2.05, 4.69) is 10.6 Å². The molecule has 0 radical (unpaired) electrons. The number of hydrogen-bond acceptors (Lipinski definition) is 2. The largest absolute Gasteiger partial charge is 0.338 e. The van der Waals surface area contributed by atoms with Gasteiger partial charge >= 0.3 is 6.03 Å². The smallest absolute Gasteiger partial charge is 0.315 e. The standard InChI is InChI=1S/C9H19N3O/c1-9(2,5-10)6-11-8(13)12-7-3-4-7/h7H,3-6,10H2,1-2H3,(H2,11,12,13). The molecule has 76 valence electrons. The van der Waals surface area contributed by atoms with Gasteiger partial charge in [-0.3, -0.25) is 0 Å². The number of carbonyl (C=O) groups is 1. The predicted octanol–water partition coefficient (Wildman–Crippen LogP) is 0.433. The molecule has 0 unspecified atom stereocenters. The summed E-state index contributed by atoms with van der Waals surface area (Å²) in [5.41, 5.74) is 5.52. The average molecular weight is 185 g/mol. The summed E-state index contributed by atoms with van der Waals surface area (Å²) >= 11 is 0. The van der Waals surface area contributed by atoms with Crippen LogP contribution in [0.2, 0.25) is 0 Å². The second-order valence-electron chi connectivity index (χ2n) is 4.47. The zero-order chi connectivity index (χ0) is 9.90. The minimum atomic E-state index is -0.0657. The molecule has 0 atom stereocenters. The number of hydrogen-bond donors (Lipinski definition) is 3. The molecule has 4 heteroatoms. The van der Waals surface area contributed by atoms with Crippen LogP contribution in [0.3, 0.4) is 0 Å². The summed E-state index contributed by atoms with van der Waals surface area (Å²) in [6, 6.07) is 0.352. The molecule has 1 aliphatic rings. The van der Waals surface area contributed by atoms with Gasteiger partial charge in [0.25, 0.3) is 0 Å². The zero-order valence-electron chi connectivity index (χ0n) is 8.39. The van der Waals surface area contributed by atoms with Gasteiger partial charge in [0.15, 0.2) is 0 Å². The molecule has 13 heavy (non-hydrogen) atoms. The van der Waals surface area contributed by atoms with Gasteiger partial charge in [-0.05, 0) is 24.8 Å². The third-order valence-corrected chi connectivity index (χ3v) is 2.19. The van der Waals surface area contributed by atoms with E-state index in [9.17, 15) is 4.79 Å². The van der Waals surface area contributed by atoms with Gasteiger partial charge in [0.2, 0.25) is 0 Å². The predicted molar refractivity (Wildman–Crippen MR) is 52.4 cm³/mol. The molecule has 4 nitrogen and oxygen atoms in total. The number of amides is 2. The molecular formula is C9H19N3O. The first-order valence-electron chi connectivity index (χ1n) is 4.78. The fourth-order valence-electron chi connectivity index (χ4n) is 0.856. The lowest BCUT2D eigenvalue weighted by Crippen LogP contribution is -2.43. The first kappa shape index (κ1) is 10.3. The summed E-state index contributed by atoms with van der Waals surface area (Å²) in [7, 11) is 0. The van der Waals surface area contributed by atoms with E-state index in [4.69, 9.17) is 5.73 Å². The maximum absolute atomic E-state index is 11.2. The number of urea groups is 1. The van der Waals surface area contributed by atoms with Crippen LogP contribution < -0.4 is 16.4 Å². The van der Waals surface area contributed by atoms with E-state index in [-0.39, 0.29) is 11.4 Å². The topological polar surface area (TPSA) is 67.1 Å². The Balaban J connectivity index is 2.13.